The molecule has 0 aliphatic heterocycles. The second-order valence-corrected chi connectivity index (χ2v) is 10.7. The quantitative estimate of drug-likeness (QED) is 0.0506. The summed E-state index contributed by atoms with van der Waals surface area (Å²) in [6, 6.07) is 20.8. The van der Waals surface area contributed by atoms with Crippen LogP contribution in [-0.4, -0.2) is 33.0 Å². The number of pyridine rings is 1. The SMILES string of the molecule is COc1cc2nccc(Oc3ccc(NC(=O)C4(C(=O)Nc5ccccc5)CC4)cc3)c2cc1O[I-]C(=O)NO. The van der Waals surface area contributed by atoms with Gasteiger partial charge in [-0.15, -0.1) is 0 Å². The number of nitrogens with zero attached hydrogens (tertiary/aromatic N) is 1. The summed E-state index contributed by atoms with van der Waals surface area (Å²) in [5.74, 6) is 1.00. The number of para-hydroxylation sites is 1. The zero-order valence-electron chi connectivity index (χ0n) is 21.1. The average molecular weight is 655 g/mol. The van der Waals surface area contributed by atoms with Crippen LogP contribution in [0.4, 0.5) is 16.2 Å². The van der Waals surface area contributed by atoms with Gasteiger partial charge in [0.1, 0.15) is 5.41 Å². The molecule has 1 saturated carbocycles. The third-order valence-electron chi connectivity index (χ3n) is 6.26. The molecule has 3 amide bonds. The maximum atomic E-state index is 13.0. The maximum absolute atomic E-state index is 13.0. The van der Waals surface area contributed by atoms with Gasteiger partial charge in [0.05, 0.1) is 0 Å². The first-order valence-corrected chi connectivity index (χ1v) is 14.1. The predicted molar refractivity (Wildman–Crippen MR) is 141 cm³/mol. The van der Waals surface area contributed by atoms with Crippen molar-refractivity contribution in [2.75, 3.05) is 17.7 Å². The Balaban J connectivity index is 1.28. The molecule has 206 valence electrons. The Hall–Kier alpha value is -4.43. The minimum absolute atomic E-state index is 0.313. The summed E-state index contributed by atoms with van der Waals surface area (Å²) in [7, 11) is 1.47. The van der Waals surface area contributed by atoms with E-state index < -0.39 is 30.9 Å². The summed E-state index contributed by atoms with van der Waals surface area (Å²) < 4.78 is 16.4. The van der Waals surface area contributed by atoms with Crippen LogP contribution in [0.25, 0.3) is 10.9 Å². The molecular weight excluding hydrogens is 631 g/mol. The van der Waals surface area contributed by atoms with E-state index in [2.05, 4.69) is 15.6 Å². The molecule has 0 bridgehead atoms. The van der Waals surface area contributed by atoms with Crippen LogP contribution in [0.15, 0.2) is 79.0 Å². The van der Waals surface area contributed by atoms with Crippen LogP contribution in [0.2, 0.25) is 0 Å². The Kier molecular flexibility index (Phi) is 7.98. The molecule has 0 radical (unpaired) electrons. The Morgan fingerprint density at radius 3 is 2.17 bits per heavy atom. The first-order valence-electron chi connectivity index (χ1n) is 12.1. The summed E-state index contributed by atoms with van der Waals surface area (Å²) >= 11 is -1.49. The molecule has 0 spiro atoms. The van der Waals surface area contributed by atoms with E-state index in [-0.39, 0.29) is 11.8 Å². The van der Waals surface area contributed by atoms with Gasteiger partial charge in [-0.05, 0) is 25.0 Å². The van der Waals surface area contributed by atoms with Crippen molar-refractivity contribution in [3.05, 3.63) is 79.0 Å². The van der Waals surface area contributed by atoms with E-state index in [1.807, 2.05) is 18.2 Å². The molecule has 5 rings (SSSR count). The van der Waals surface area contributed by atoms with Crippen LogP contribution >= 0.6 is 0 Å². The topological polar surface area (TPSA) is 148 Å². The molecule has 0 unspecified atom stereocenters. The number of halogens is 1. The molecule has 0 saturated heterocycles. The van der Waals surface area contributed by atoms with Crippen LogP contribution in [0.3, 0.4) is 0 Å². The van der Waals surface area contributed by atoms with Gasteiger partial charge in [-0.3, -0.25) is 9.59 Å². The standard InChI is InChI=1S/C28H24IN4O7/c1-38-23-16-21-20(15-24(23)40-29-27(36)33-37)22(11-14-30-21)39-19-9-7-18(8-10-19)32-26(35)28(12-13-28)25(34)31-17-5-3-2-4-6-17/h2-11,14-16,37H,12-13H2,1H3,(H,31,34)(H,32,35)(H,33,36)/q-1. The molecule has 11 nitrogen and oxygen atoms in total. The number of rotatable bonds is 10. The number of hydroxylamine groups is 1. The Labute approximate surface area is 239 Å². The van der Waals surface area contributed by atoms with Gasteiger partial charge in [-0.2, -0.15) is 0 Å². The number of carbonyl (C=O) groups excluding carboxylic acids is 3. The molecule has 1 heterocycles. The number of fused-ring (bicyclic) bond motifs is 1. The number of benzene rings is 3. The molecule has 1 fully saturated rings. The molecule has 4 aromatic rings. The Morgan fingerprint density at radius 1 is 0.875 bits per heavy atom. The normalized spacial score (nSPS) is 13.2. The zero-order valence-corrected chi connectivity index (χ0v) is 23.3. The van der Waals surface area contributed by atoms with E-state index in [4.69, 9.17) is 17.7 Å². The van der Waals surface area contributed by atoms with Crippen molar-refractivity contribution in [1.82, 2.24) is 10.5 Å². The van der Waals surface area contributed by atoms with Crippen LogP contribution in [0.5, 0.6) is 23.0 Å². The molecule has 40 heavy (non-hydrogen) atoms. The van der Waals surface area contributed by atoms with Gasteiger partial charge in [0, 0.05) is 5.69 Å². The van der Waals surface area contributed by atoms with E-state index in [1.54, 1.807) is 66.3 Å². The van der Waals surface area contributed by atoms with E-state index in [0.29, 0.717) is 58.1 Å². The number of anilines is 2. The summed E-state index contributed by atoms with van der Waals surface area (Å²) in [6.07, 6.45) is 2.56. The number of hydrogen-bond donors (Lipinski definition) is 4. The van der Waals surface area contributed by atoms with Gasteiger partial charge >= 0.3 is 165 Å². The first-order chi connectivity index (χ1) is 19.4. The Morgan fingerprint density at radius 2 is 1.55 bits per heavy atom. The average Bonchev–Trinajstić information content (AvgIpc) is 3.80. The van der Waals surface area contributed by atoms with E-state index in [1.165, 1.54) is 7.11 Å². The number of hydrogen-bond acceptors (Lipinski definition) is 8. The summed E-state index contributed by atoms with van der Waals surface area (Å²) in [4.78, 5) is 41.6. The van der Waals surface area contributed by atoms with E-state index in [9.17, 15) is 14.4 Å². The first kappa shape index (κ1) is 27.1. The van der Waals surface area contributed by atoms with E-state index >= 15 is 0 Å². The van der Waals surface area contributed by atoms with Crippen molar-refractivity contribution < 1.29 is 53.8 Å². The molecule has 12 heteroatoms. The molecule has 3 aromatic carbocycles. The van der Waals surface area contributed by atoms with Gasteiger partial charge in [-0.25, -0.2) is 0 Å². The van der Waals surface area contributed by atoms with Gasteiger partial charge in [0.2, 0.25) is 5.91 Å². The fourth-order valence-corrected chi connectivity index (χ4v) is 4.85. The molecule has 4 N–H and O–H groups in total. The number of nitrogens with one attached hydrogen (secondary N) is 3. The van der Waals surface area contributed by atoms with Gasteiger partial charge in [-0.1, -0.05) is 18.2 Å². The van der Waals surface area contributed by atoms with Crippen LogP contribution in [0, 0.1) is 5.41 Å². The molecule has 0 atom stereocenters. The summed E-state index contributed by atoms with van der Waals surface area (Å²) in [6.45, 7) is 0. The van der Waals surface area contributed by atoms with Crippen molar-refractivity contribution >= 4 is 38.0 Å². The second-order valence-electron chi connectivity index (χ2n) is 8.85. The minimum atomic E-state index is -1.49. The van der Waals surface area contributed by atoms with Crippen LogP contribution in [0.1, 0.15) is 12.8 Å². The third-order valence-corrected chi connectivity index (χ3v) is 7.59. The van der Waals surface area contributed by atoms with Crippen LogP contribution < -0.4 is 50.3 Å². The summed E-state index contributed by atoms with van der Waals surface area (Å²) in [5.41, 5.74) is 2.23. The van der Waals surface area contributed by atoms with Crippen molar-refractivity contribution in [1.29, 1.82) is 0 Å². The number of ether oxygens (including phenoxy) is 2. The number of aromatic nitrogens is 1. The zero-order chi connectivity index (χ0) is 28.1. The Bertz CT molecular complexity index is 1560. The third kappa shape index (κ3) is 5.92. The fraction of sp³-hybridized carbons (Fsp3) is 0.143. The predicted octanol–water partition coefficient (Wildman–Crippen LogP) is 1.87. The molecule has 1 aromatic heterocycles. The van der Waals surface area contributed by atoms with Crippen molar-refractivity contribution in [2.45, 2.75) is 12.8 Å². The van der Waals surface area contributed by atoms with Gasteiger partial charge in [0.15, 0.2) is 0 Å². The monoisotopic (exact) mass is 655 g/mol. The fourth-order valence-electron chi connectivity index (χ4n) is 3.97. The second kappa shape index (κ2) is 11.8. The van der Waals surface area contributed by atoms with E-state index in [0.717, 1.165) is 0 Å². The molecule has 1 aliphatic rings. The van der Waals surface area contributed by atoms with Crippen molar-refractivity contribution in [2.24, 2.45) is 5.41 Å². The number of methoxy groups -OCH3 is 1. The van der Waals surface area contributed by atoms with Crippen molar-refractivity contribution in [3.8, 4) is 23.0 Å². The number of amides is 3. The van der Waals surface area contributed by atoms with Gasteiger partial charge < -0.3 is 5.32 Å². The van der Waals surface area contributed by atoms with Crippen LogP contribution in [-0.2, 0) is 9.59 Å². The van der Waals surface area contributed by atoms with Gasteiger partial charge in [0.25, 0.3) is 0 Å². The van der Waals surface area contributed by atoms with Crippen molar-refractivity contribution in [3.63, 3.8) is 0 Å². The number of carbonyl (C=O) groups is 3. The molecular formula is C28H24IN4O7-. The summed E-state index contributed by atoms with van der Waals surface area (Å²) in [5, 5.41) is 15.0. The molecule has 1 aliphatic carbocycles.